The SMILES string of the molecule is C#C.Cc1cc([C@H](O)C#Cc2cc3c(cc2F)OCCn2cc(C(N)=O)nc2-3)no1. The molecular weight excluding hydrogens is 391 g/mol. The first-order valence-corrected chi connectivity index (χ1v) is 8.72. The molecule has 0 saturated carbocycles. The van der Waals surface area contributed by atoms with Gasteiger partial charge in [0, 0.05) is 18.3 Å². The molecule has 1 aliphatic heterocycles. The molecule has 0 bridgehead atoms. The first-order valence-electron chi connectivity index (χ1n) is 8.72. The first kappa shape index (κ1) is 20.6. The van der Waals surface area contributed by atoms with Crippen molar-refractivity contribution in [1.82, 2.24) is 14.7 Å². The summed E-state index contributed by atoms with van der Waals surface area (Å²) in [6.45, 7) is 2.39. The molecule has 4 rings (SSSR count). The van der Waals surface area contributed by atoms with Gasteiger partial charge in [-0.25, -0.2) is 9.37 Å². The Morgan fingerprint density at radius 3 is 2.83 bits per heavy atom. The van der Waals surface area contributed by atoms with Crippen molar-refractivity contribution in [3.63, 3.8) is 0 Å². The molecule has 0 spiro atoms. The third kappa shape index (κ3) is 4.02. The van der Waals surface area contributed by atoms with Crippen LogP contribution in [0.2, 0.25) is 0 Å². The number of aliphatic hydroxyl groups excluding tert-OH is 1. The van der Waals surface area contributed by atoms with E-state index in [1.807, 2.05) is 0 Å². The van der Waals surface area contributed by atoms with Gasteiger partial charge in [-0.2, -0.15) is 0 Å². The number of terminal acetylenes is 1. The van der Waals surface area contributed by atoms with Crippen LogP contribution in [-0.2, 0) is 6.54 Å². The van der Waals surface area contributed by atoms with Crippen LogP contribution in [0.5, 0.6) is 5.75 Å². The average Bonchev–Trinajstić information content (AvgIpc) is 3.32. The molecule has 0 unspecified atom stereocenters. The molecule has 1 atom stereocenters. The highest BCUT2D eigenvalue weighted by molar-refractivity contribution is 5.91. The lowest BCUT2D eigenvalue weighted by atomic mass is 10.1. The lowest BCUT2D eigenvalue weighted by Gasteiger charge is -2.07. The molecule has 0 fully saturated rings. The Labute approximate surface area is 171 Å². The van der Waals surface area contributed by atoms with Crippen LogP contribution in [0.1, 0.15) is 33.6 Å². The van der Waals surface area contributed by atoms with Gasteiger partial charge in [-0.3, -0.25) is 4.79 Å². The maximum atomic E-state index is 14.5. The van der Waals surface area contributed by atoms with Crippen LogP contribution in [0, 0.1) is 37.4 Å². The maximum absolute atomic E-state index is 14.5. The number of nitrogens with zero attached hydrogens (tertiary/aromatic N) is 3. The smallest absolute Gasteiger partial charge is 0.268 e. The molecule has 3 heterocycles. The van der Waals surface area contributed by atoms with Crippen molar-refractivity contribution in [2.75, 3.05) is 6.61 Å². The molecule has 0 radical (unpaired) electrons. The summed E-state index contributed by atoms with van der Waals surface area (Å²) in [5.41, 5.74) is 6.17. The van der Waals surface area contributed by atoms with E-state index in [9.17, 15) is 14.3 Å². The number of halogens is 1. The van der Waals surface area contributed by atoms with Crippen molar-refractivity contribution < 1.29 is 23.6 Å². The van der Waals surface area contributed by atoms with Gasteiger partial charge in [-0.1, -0.05) is 17.0 Å². The van der Waals surface area contributed by atoms with Crippen molar-refractivity contribution >= 4 is 5.91 Å². The van der Waals surface area contributed by atoms with E-state index < -0.39 is 17.8 Å². The van der Waals surface area contributed by atoms with E-state index in [0.29, 0.717) is 23.7 Å². The molecule has 1 aromatic carbocycles. The number of amides is 1. The molecule has 8 nitrogen and oxygen atoms in total. The summed E-state index contributed by atoms with van der Waals surface area (Å²) in [5.74, 6) is 5.13. The molecule has 2 aromatic heterocycles. The quantitative estimate of drug-likeness (QED) is 0.625. The van der Waals surface area contributed by atoms with Gasteiger partial charge in [0.05, 0.1) is 17.7 Å². The Balaban J connectivity index is 0.00000124. The fraction of sp³-hybridized carbons (Fsp3) is 0.190. The summed E-state index contributed by atoms with van der Waals surface area (Å²) < 4.78 is 26.7. The molecule has 0 aliphatic carbocycles. The largest absolute Gasteiger partial charge is 0.491 e. The Kier molecular flexibility index (Phi) is 5.86. The number of carbonyl (C=O) groups excluding carboxylic acids is 1. The van der Waals surface area contributed by atoms with Crippen molar-refractivity contribution in [3.8, 4) is 41.8 Å². The summed E-state index contributed by atoms with van der Waals surface area (Å²) in [6, 6.07) is 4.22. The highest BCUT2D eigenvalue weighted by Gasteiger charge is 2.22. The molecule has 1 amide bonds. The van der Waals surface area contributed by atoms with Gasteiger partial charge in [-0.05, 0) is 13.0 Å². The summed E-state index contributed by atoms with van der Waals surface area (Å²) in [7, 11) is 0. The monoisotopic (exact) mass is 408 g/mol. The average molecular weight is 408 g/mol. The van der Waals surface area contributed by atoms with Crippen LogP contribution in [0.15, 0.2) is 28.9 Å². The van der Waals surface area contributed by atoms with Crippen molar-refractivity contribution in [3.05, 3.63) is 52.9 Å². The molecule has 0 saturated heterocycles. The summed E-state index contributed by atoms with van der Waals surface area (Å²) in [5, 5.41) is 13.8. The van der Waals surface area contributed by atoms with Gasteiger partial charge in [0.15, 0.2) is 6.10 Å². The minimum Gasteiger partial charge on any atom is -0.491 e. The number of aryl methyl sites for hydroxylation is 1. The van der Waals surface area contributed by atoms with E-state index in [2.05, 4.69) is 34.8 Å². The van der Waals surface area contributed by atoms with Gasteiger partial charge < -0.3 is 24.7 Å². The summed E-state index contributed by atoms with van der Waals surface area (Å²) in [6.07, 6.45) is 8.30. The van der Waals surface area contributed by atoms with E-state index in [4.69, 9.17) is 15.0 Å². The topological polar surface area (TPSA) is 116 Å². The Hall–Kier alpha value is -4.08. The van der Waals surface area contributed by atoms with Crippen molar-refractivity contribution in [2.45, 2.75) is 19.6 Å². The molecule has 3 aromatic rings. The second-order valence-corrected chi connectivity index (χ2v) is 6.22. The standard InChI is InChI=1S/C19H15FN4O4.C2H2/c1-10-6-14(23-28-10)16(25)3-2-11-7-12-17(8-13(11)20)27-5-4-24-9-15(18(21)26)22-19(12)24;1-2/h6-9,16,25H,4-5H2,1H3,(H2,21,26);1-2H/t16-;/m1./s1. The lowest BCUT2D eigenvalue weighted by Crippen LogP contribution is -2.11. The highest BCUT2D eigenvalue weighted by Crippen LogP contribution is 2.34. The van der Waals surface area contributed by atoms with Crippen molar-refractivity contribution in [1.29, 1.82) is 0 Å². The number of ether oxygens (including phenoxy) is 1. The molecule has 3 N–H and O–H groups in total. The number of aliphatic hydroxyl groups is 1. The summed E-state index contributed by atoms with van der Waals surface area (Å²) >= 11 is 0. The zero-order valence-corrected chi connectivity index (χ0v) is 15.9. The molecule has 152 valence electrons. The fourth-order valence-corrected chi connectivity index (χ4v) is 2.85. The van der Waals surface area contributed by atoms with E-state index in [1.165, 1.54) is 18.3 Å². The second kappa shape index (κ2) is 8.52. The van der Waals surface area contributed by atoms with Crippen LogP contribution in [0.4, 0.5) is 4.39 Å². The van der Waals surface area contributed by atoms with Crippen LogP contribution < -0.4 is 10.5 Å². The number of primary amides is 1. The number of fused-ring (bicyclic) bond motifs is 3. The number of hydrogen-bond acceptors (Lipinski definition) is 6. The normalized spacial score (nSPS) is 12.6. The summed E-state index contributed by atoms with van der Waals surface area (Å²) in [4.78, 5) is 15.7. The third-order valence-corrected chi connectivity index (χ3v) is 4.20. The predicted molar refractivity (Wildman–Crippen MR) is 105 cm³/mol. The fourth-order valence-electron chi connectivity index (χ4n) is 2.85. The van der Waals surface area contributed by atoms with Gasteiger partial charge >= 0.3 is 0 Å². The van der Waals surface area contributed by atoms with Crippen LogP contribution >= 0.6 is 0 Å². The van der Waals surface area contributed by atoms with Gasteiger partial charge in [-0.15, -0.1) is 12.8 Å². The van der Waals surface area contributed by atoms with Crippen LogP contribution in [0.3, 0.4) is 0 Å². The number of aromatic nitrogens is 3. The second-order valence-electron chi connectivity index (χ2n) is 6.22. The number of imidazole rings is 1. The van der Waals surface area contributed by atoms with Gasteiger partial charge in [0.1, 0.15) is 41.1 Å². The maximum Gasteiger partial charge on any atom is 0.268 e. The van der Waals surface area contributed by atoms with Crippen molar-refractivity contribution in [2.24, 2.45) is 5.73 Å². The van der Waals surface area contributed by atoms with Crippen LogP contribution in [-0.4, -0.2) is 32.3 Å². The van der Waals surface area contributed by atoms with E-state index in [-0.39, 0.29) is 29.3 Å². The van der Waals surface area contributed by atoms with Gasteiger partial charge in [0.25, 0.3) is 5.91 Å². The van der Waals surface area contributed by atoms with E-state index in [0.717, 1.165) is 0 Å². The van der Waals surface area contributed by atoms with E-state index >= 15 is 0 Å². The minimum atomic E-state index is -1.23. The zero-order valence-electron chi connectivity index (χ0n) is 15.9. The third-order valence-electron chi connectivity index (χ3n) is 4.20. The lowest BCUT2D eigenvalue weighted by molar-refractivity contribution is 0.0996. The number of rotatable bonds is 2. The Morgan fingerprint density at radius 2 is 2.17 bits per heavy atom. The van der Waals surface area contributed by atoms with E-state index in [1.54, 1.807) is 17.6 Å². The molecule has 9 heteroatoms. The zero-order chi connectivity index (χ0) is 21.8. The molecule has 1 aliphatic rings. The Bertz CT molecular complexity index is 1180. The van der Waals surface area contributed by atoms with Crippen LogP contribution in [0.25, 0.3) is 11.4 Å². The highest BCUT2D eigenvalue weighted by atomic mass is 19.1. The number of nitrogens with two attached hydrogens (primary N) is 1. The predicted octanol–water partition coefficient (Wildman–Crippen LogP) is 1.81. The minimum absolute atomic E-state index is 0.0405. The molecule has 30 heavy (non-hydrogen) atoms. The van der Waals surface area contributed by atoms with Gasteiger partial charge in [0.2, 0.25) is 0 Å². The first-order chi connectivity index (χ1) is 14.4. The number of carbonyl (C=O) groups is 1. The number of benzene rings is 1. The molecular formula is C21H17FN4O4. The number of hydrogen-bond donors (Lipinski definition) is 2. The Morgan fingerprint density at radius 1 is 1.40 bits per heavy atom.